The molecule has 12 heteroatoms. The summed E-state index contributed by atoms with van der Waals surface area (Å²) in [5.74, 6) is -0.867. The van der Waals surface area contributed by atoms with E-state index in [0.29, 0.717) is 0 Å². The molecule has 0 spiro atoms. The predicted octanol–water partition coefficient (Wildman–Crippen LogP) is 4.59. The fourth-order valence-corrected chi connectivity index (χ4v) is 5.84. The zero-order valence-corrected chi connectivity index (χ0v) is 20.1. The molecule has 0 radical (unpaired) electrons. The van der Waals surface area contributed by atoms with E-state index in [1.165, 1.54) is 48.6 Å². The molecule has 170 valence electrons. The second-order valence-corrected chi connectivity index (χ2v) is 11.4. The number of halogens is 2. The van der Waals surface area contributed by atoms with Crippen LogP contribution in [0, 0.1) is 5.95 Å². The van der Waals surface area contributed by atoms with E-state index < -0.39 is 27.5 Å². The van der Waals surface area contributed by atoms with Crippen LogP contribution in [-0.4, -0.2) is 47.0 Å². The number of carbonyl (C=O) groups is 1. The zero-order chi connectivity index (χ0) is 23.7. The maximum Gasteiger partial charge on any atom is 0.410 e. The number of rotatable bonds is 5. The Bertz CT molecular complexity index is 1260. The molecule has 0 aliphatic carbocycles. The van der Waals surface area contributed by atoms with Gasteiger partial charge in [0, 0.05) is 19.4 Å². The first-order valence-electron chi connectivity index (χ1n) is 9.30. The fraction of sp³-hybridized carbons (Fsp3) is 0.300. The number of nitrogens with zero attached hydrogens (tertiary/aromatic N) is 4. The number of sulfone groups is 1. The third-order valence-corrected chi connectivity index (χ3v) is 7.49. The Morgan fingerprint density at radius 2 is 1.97 bits per heavy atom. The molecule has 0 saturated heterocycles. The van der Waals surface area contributed by atoms with E-state index in [4.69, 9.17) is 16.3 Å². The summed E-state index contributed by atoms with van der Waals surface area (Å²) in [6, 6.07) is 5.35. The predicted molar refractivity (Wildman–Crippen MR) is 118 cm³/mol. The van der Waals surface area contributed by atoms with Gasteiger partial charge in [0.2, 0.25) is 15.8 Å². The molecular formula is C20H20ClFN4O4S2. The minimum atomic E-state index is -4.12. The lowest BCUT2D eigenvalue weighted by molar-refractivity contribution is 0.0285. The molecule has 0 atom stereocenters. The Morgan fingerprint density at radius 1 is 1.25 bits per heavy atom. The van der Waals surface area contributed by atoms with Crippen molar-refractivity contribution in [1.82, 2.24) is 19.9 Å². The minimum absolute atomic E-state index is 0.00502. The van der Waals surface area contributed by atoms with Gasteiger partial charge in [-0.05, 0) is 45.0 Å². The lowest BCUT2D eigenvalue weighted by atomic mass is 10.2. The summed E-state index contributed by atoms with van der Waals surface area (Å²) in [4.78, 5) is 25.2. The molecule has 3 aromatic heterocycles. The Hall–Kier alpha value is -2.63. The molecule has 0 bridgehead atoms. The normalized spacial score (nSPS) is 11.9. The van der Waals surface area contributed by atoms with Gasteiger partial charge < -0.3 is 9.64 Å². The number of hydrogen-bond donors (Lipinski definition) is 0. The van der Waals surface area contributed by atoms with Crippen molar-refractivity contribution in [3.63, 3.8) is 0 Å². The minimum Gasteiger partial charge on any atom is -0.444 e. The third kappa shape index (κ3) is 5.40. The molecule has 3 rings (SSSR count). The molecular weight excluding hydrogens is 479 g/mol. The molecule has 3 heterocycles. The molecule has 0 saturated carbocycles. The lowest BCUT2D eigenvalue weighted by Gasteiger charge is -2.24. The van der Waals surface area contributed by atoms with E-state index in [1.807, 2.05) is 0 Å². The summed E-state index contributed by atoms with van der Waals surface area (Å²) in [5, 5.41) is 0.268. The van der Waals surface area contributed by atoms with Gasteiger partial charge in [0.05, 0.1) is 17.0 Å². The van der Waals surface area contributed by atoms with Crippen molar-refractivity contribution in [2.75, 3.05) is 7.05 Å². The van der Waals surface area contributed by atoms with E-state index in [0.717, 1.165) is 11.3 Å². The quantitative estimate of drug-likeness (QED) is 0.474. The first-order valence-corrected chi connectivity index (χ1v) is 12.0. The molecule has 32 heavy (non-hydrogen) atoms. The molecule has 0 aliphatic heterocycles. The summed E-state index contributed by atoms with van der Waals surface area (Å²) in [5.41, 5.74) is -0.873. The lowest BCUT2D eigenvalue weighted by Crippen LogP contribution is -2.33. The third-order valence-electron chi connectivity index (χ3n) is 3.98. The maximum absolute atomic E-state index is 14.4. The Balaban J connectivity index is 2.07. The van der Waals surface area contributed by atoms with Gasteiger partial charge in [0.15, 0.2) is 4.21 Å². The van der Waals surface area contributed by atoms with Crippen molar-refractivity contribution in [2.45, 2.75) is 42.0 Å². The highest BCUT2D eigenvalue weighted by Crippen LogP contribution is 2.37. The zero-order valence-electron chi connectivity index (χ0n) is 17.7. The summed E-state index contributed by atoms with van der Waals surface area (Å²) >= 11 is 6.69. The number of carbonyl (C=O) groups excluding carboxylic acids is 1. The number of aromatic nitrogens is 3. The van der Waals surface area contributed by atoms with Crippen LogP contribution >= 0.6 is 22.9 Å². The highest BCUT2D eigenvalue weighted by Gasteiger charge is 2.30. The number of amides is 1. The van der Waals surface area contributed by atoms with Gasteiger partial charge in [-0.2, -0.15) is 4.39 Å². The van der Waals surface area contributed by atoms with E-state index in [2.05, 4.69) is 15.0 Å². The Labute approximate surface area is 194 Å². The summed E-state index contributed by atoms with van der Waals surface area (Å²) < 4.78 is 46.3. The van der Waals surface area contributed by atoms with Crippen molar-refractivity contribution < 1.29 is 22.3 Å². The monoisotopic (exact) mass is 498 g/mol. The molecule has 0 N–H and O–H groups in total. The van der Waals surface area contributed by atoms with Crippen LogP contribution in [0.15, 0.2) is 45.8 Å². The van der Waals surface area contributed by atoms with Crippen LogP contribution in [0.1, 0.15) is 25.8 Å². The summed E-state index contributed by atoms with van der Waals surface area (Å²) in [6.45, 7) is 5.16. The molecule has 0 fully saturated rings. The summed E-state index contributed by atoms with van der Waals surface area (Å²) in [7, 11) is -2.62. The number of pyridine rings is 2. The number of thiazole rings is 1. The fourth-order valence-electron chi connectivity index (χ4n) is 2.60. The molecule has 0 aliphatic rings. The van der Waals surface area contributed by atoms with Gasteiger partial charge in [-0.25, -0.2) is 28.2 Å². The first kappa shape index (κ1) is 24.0. The van der Waals surface area contributed by atoms with Gasteiger partial charge >= 0.3 is 6.09 Å². The average Bonchev–Trinajstić information content (AvgIpc) is 3.11. The van der Waals surface area contributed by atoms with Crippen molar-refractivity contribution in [3.05, 3.63) is 52.8 Å². The van der Waals surface area contributed by atoms with Gasteiger partial charge in [-0.1, -0.05) is 11.6 Å². The second-order valence-electron chi connectivity index (χ2n) is 7.74. The summed E-state index contributed by atoms with van der Waals surface area (Å²) in [6.07, 6.45) is 1.91. The Morgan fingerprint density at radius 3 is 2.59 bits per heavy atom. The first-order chi connectivity index (χ1) is 14.9. The van der Waals surface area contributed by atoms with Crippen molar-refractivity contribution >= 4 is 38.9 Å². The van der Waals surface area contributed by atoms with Crippen LogP contribution in [0.4, 0.5) is 9.18 Å². The van der Waals surface area contributed by atoms with Crippen molar-refractivity contribution in [1.29, 1.82) is 0 Å². The SMILES string of the molecule is CN(Cc1nc(-c2cccnc2F)c(S(=O)(=O)c2ccnc(Cl)c2)s1)C(=O)OC(C)(C)C. The van der Waals surface area contributed by atoms with Crippen LogP contribution < -0.4 is 0 Å². The highest BCUT2D eigenvalue weighted by atomic mass is 35.5. The van der Waals surface area contributed by atoms with Crippen LogP contribution in [0.3, 0.4) is 0 Å². The van der Waals surface area contributed by atoms with Crippen LogP contribution in [0.2, 0.25) is 5.15 Å². The van der Waals surface area contributed by atoms with Crippen LogP contribution in [0.25, 0.3) is 11.3 Å². The van der Waals surface area contributed by atoms with Gasteiger partial charge in [0.1, 0.15) is 21.5 Å². The molecule has 0 aromatic carbocycles. The van der Waals surface area contributed by atoms with Crippen LogP contribution in [-0.2, 0) is 21.1 Å². The van der Waals surface area contributed by atoms with Gasteiger partial charge in [-0.15, -0.1) is 11.3 Å². The molecule has 8 nitrogen and oxygen atoms in total. The maximum atomic E-state index is 14.4. The van der Waals surface area contributed by atoms with E-state index in [1.54, 1.807) is 20.8 Å². The topological polar surface area (TPSA) is 102 Å². The van der Waals surface area contributed by atoms with Gasteiger partial charge in [0.25, 0.3) is 0 Å². The van der Waals surface area contributed by atoms with E-state index in [9.17, 15) is 17.6 Å². The van der Waals surface area contributed by atoms with Crippen molar-refractivity contribution in [3.8, 4) is 11.3 Å². The Kier molecular flexibility index (Phi) is 6.82. The standard InChI is InChI=1S/C20H20ClFN4O4S2/c1-20(2,3)30-19(27)26(4)11-15-25-16(13-6-5-8-24-17(13)22)18(31-15)32(28,29)12-7-9-23-14(21)10-12/h5-10H,11H2,1-4H3. The average molecular weight is 499 g/mol. The van der Waals surface area contributed by atoms with E-state index >= 15 is 0 Å². The van der Waals surface area contributed by atoms with Crippen molar-refractivity contribution in [2.24, 2.45) is 0 Å². The second kappa shape index (κ2) is 9.08. The smallest absolute Gasteiger partial charge is 0.410 e. The largest absolute Gasteiger partial charge is 0.444 e. The molecule has 0 unspecified atom stereocenters. The number of hydrogen-bond acceptors (Lipinski definition) is 8. The molecule has 1 amide bonds. The highest BCUT2D eigenvalue weighted by molar-refractivity contribution is 7.93. The van der Waals surface area contributed by atoms with E-state index in [-0.39, 0.29) is 37.1 Å². The molecule has 3 aromatic rings. The van der Waals surface area contributed by atoms with Crippen LogP contribution in [0.5, 0.6) is 0 Å². The van der Waals surface area contributed by atoms with Gasteiger partial charge in [-0.3, -0.25) is 0 Å². The number of ether oxygens (including phenoxy) is 1.